The van der Waals surface area contributed by atoms with Crippen molar-refractivity contribution in [3.8, 4) is 11.1 Å². The predicted molar refractivity (Wildman–Crippen MR) is 109 cm³/mol. The van der Waals surface area contributed by atoms with Crippen molar-refractivity contribution in [3.05, 3.63) is 59.4 Å². The molecule has 0 bridgehead atoms. The molecule has 0 unspecified atom stereocenters. The van der Waals surface area contributed by atoms with Gasteiger partial charge in [0.1, 0.15) is 12.0 Å². The molecule has 1 amide bonds. The van der Waals surface area contributed by atoms with Crippen LogP contribution in [0.4, 0.5) is 17.6 Å². The lowest BCUT2D eigenvalue weighted by molar-refractivity contribution is -0.134. The number of ether oxygens (including phenoxy) is 1. The Hall–Kier alpha value is -2.41. The van der Waals surface area contributed by atoms with E-state index in [0.717, 1.165) is 18.9 Å². The molecular formula is C24H25F4NO2. The Morgan fingerprint density at radius 2 is 1.81 bits per heavy atom. The van der Waals surface area contributed by atoms with Crippen LogP contribution in [0, 0.1) is 23.4 Å². The standard InChI is InChI=1S/C24H25F4NO2/c1-14-20(26)13-29(22(30)12-16-6-4-10-31-16)21(14)11-15-5-2-7-17(23(15)27)18-8-3-9-19(25)24(18)28/h2-3,5,7-9,14,16,20-21H,4,6,10-13H2,1H3/t14-,16+,20-,21-/m0/s1. The molecule has 2 aliphatic rings. The number of likely N-dealkylation sites (tertiary alicyclic amines) is 1. The van der Waals surface area contributed by atoms with Crippen molar-refractivity contribution in [2.45, 2.75) is 50.9 Å². The minimum Gasteiger partial charge on any atom is -0.378 e. The van der Waals surface area contributed by atoms with Crippen LogP contribution in [-0.2, 0) is 16.0 Å². The van der Waals surface area contributed by atoms with Gasteiger partial charge in [-0.2, -0.15) is 0 Å². The number of hydrogen-bond donors (Lipinski definition) is 0. The third-order valence-electron chi connectivity index (χ3n) is 6.45. The fourth-order valence-corrected chi connectivity index (χ4v) is 4.60. The summed E-state index contributed by atoms with van der Waals surface area (Å²) in [6.45, 7) is 2.30. The summed E-state index contributed by atoms with van der Waals surface area (Å²) in [4.78, 5) is 14.3. The Labute approximate surface area is 179 Å². The van der Waals surface area contributed by atoms with Crippen molar-refractivity contribution < 1.29 is 27.1 Å². The number of halogens is 4. The third-order valence-corrected chi connectivity index (χ3v) is 6.45. The highest BCUT2D eigenvalue weighted by Crippen LogP contribution is 2.34. The second-order valence-corrected chi connectivity index (χ2v) is 8.41. The first-order valence-electron chi connectivity index (χ1n) is 10.6. The number of carbonyl (C=O) groups excluding carboxylic acids is 1. The van der Waals surface area contributed by atoms with E-state index in [4.69, 9.17) is 4.74 Å². The van der Waals surface area contributed by atoms with Crippen molar-refractivity contribution in [2.75, 3.05) is 13.2 Å². The fraction of sp³-hybridized carbons (Fsp3) is 0.458. The molecule has 0 aliphatic carbocycles. The maximum Gasteiger partial charge on any atom is 0.225 e. The average molecular weight is 435 g/mol. The molecule has 2 saturated heterocycles. The Morgan fingerprint density at radius 1 is 1.10 bits per heavy atom. The molecular weight excluding hydrogens is 410 g/mol. The van der Waals surface area contributed by atoms with Gasteiger partial charge in [0.15, 0.2) is 11.6 Å². The highest BCUT2D eigenvalue weighted by Gasteiger charge is 2.42. The van der Waals surface area contributed by atoms with Crippen LogP contribution in [-0.4, -0.2) is 42.3 Å². The molecule has 2 heterocycles. The van der Waals surface area contributed by atoms with E-state index in [0.29, 0.717) is 6.61 Å². The first-order chi connectivity index (χ1) is 14.9. The molecule has 4 atom stereocenters. The molecule has 0 radical (unpaired) electrons. The second kappa shape index (κ2) is 8.99. The quantitative estimate of drug-likeness (QED) is 0.614. The molecule has 4 rings (SSSR count). The van der Waals surface area contributed by atoms with E-state index in [1.807, 2.05) is 0 Å². The highest BCUT2D eigenvalue weighted by molar-refractivity contribution is 5.77. The van der Waals surface area contributed by atoms with Crippen LogP contribution >= 0.6 is 0 Å². The van der Waals surface area contributed by atoms with Crippen LogP contribution in [0.15, 0.2) is 36.4 Å². The Bertz CT molecular complexity index is 961. The van der Waals surface area contributed by atoms with Crippen LogP contribution in [0.1, 0.15) is 31.7 Å². The fourth-order valence-electron chi connectivity index (χ4n) is 4.60. The van der Waals surface area contributed by atoms with Gasteiger partial charge in [-0.15, -0.1) is 0 Å². The molecule has 0 spiro atoms. The van der Waals surface area contributed by atoms with Crippen molar-refractivity contribution in [1.29, 1.82) is 0 Å². The molecule has 166 valence electrons. The molecule has 0 saturated carbocycles. The maximum absolute atomic E-state index is 15.3. The zero-order valence-corrected chi connectivity index (χ0v) is 17.3. The van der Waals surface area contributed by atoms with Crippen molar-refractivity contribution in [3.63, 3.8) is 0 Å². The molecule has 0 aromatic heterocycles. The summed E-state index contributed by atoms with van der Waals surface area (Å²) in [6.07, 6.45) is 0.624. The largest absolute Gasteiger partial charge is 0.378 e. The third kappa shape index (κ3) is 4.33. The highest BCUT2D eigenvalue weighted by atomic mass is 19.2. The lowest BCUT2D eigenvalue weighted by atomic mass is 9.92. The van der Waals surface area contributed by atoms with E-state index < -0.39 is 35.6 Å². The SMILES string of the molecule is C[C@H]1[C@@H](F)CN(C(=O)C[C@H]2CCCO2)[C@H]1Cc1cccc(-c2cccc(F)c2F)c1F. The number of alkyl halides is 1. The maximum atomic E-state index is 15.3. The van der Waals surface area contributed by atoms with Crippen LogP contribution in [0.3, 0.4) is 0 Å². The first kappa shape index (κ1) is 21.8. The minimum absolute atomic E-state index is 0.0305. The van der Waals surface area contributed by atoms with Gasteiger partial charge < -0.3 is 9.64 Å². The molecule has 2 aliphatic heterocycles. The van der Waals surface area contributed by atoms with E-state index >= 15 is 4.39 Å². The number of amides is 1. The Morgan fingerprint density at radius 3 is 2.52 bits per heavy atom. The zero-order chi connectivity index (χ0) is 22.1. The van der Waals surface area contributed by atoms with Gasteiger partial charge in [0.25, 0.3) is 0 Å². The second-order valence-electron chi connectivity index (χ2n) is 8.41. The number of hydrogen-bond acceptors (Lipinski definition) is 2. The van der Waals surface area contributed by atoms with Gasteiger partial charge in [0.05, 0.1) is 19.1 Å². The van der Waals surface area contributed by atoms with Gasteiger partial charge in [0.2, 0.25) is 5.91 Å². The molecule has 2 aromatic carbocycles. The molecule has 2 fully saturated rings. The van der Waals surface area contributed by atoms with Gasteiger partial charge in [0, 0.05) is 29.7 Å². The van der Waals surface area contributed by atoms with Crippen molar-refractivity contribution >= 4 is 5.91 Å². The molecule has 0 N–H and O–H groups in total. The van der Waals surface area contributed by atoms with E-state index in [-0.39, 0.29) is 48.1 Å². The van der Waals surface area contributed by atoms with Gasteiger partial charge in [-0.05, 0) is 30.9 Å². The van der Waals surface area contributed by atoms with Crippen LogP contribution < -0.4 is 0 Å². The van der Waals surface area contributed by atoms with E-state index in [1.54, 1.807) is 13.0 Å². The zero-order valence-electron chi connectivity index (χ0n) is 17.3. The van der Waals surface area contributed by atoms with Crippen molar-refractivity contribution in [1.82, 2.24) is 4.90 Å². The van der Waals surface area contributed by atoms with Gasteiger partial charge in [-0.1, -0.05) is 37.3 Å². The van der Waals surface area contributed by atoms with Crippen molar-refractivity contribution in [2.24, 2.45) is 5.92 Å². The Balaban J connectivity index is 1.59. The summed E-state index contributed by atoms with van der Waals surface area (Å²) in [5.41, 5.74) is 0.00436. The summed E-state index contributed by atoms with van der Waals surface area (Å²) < 4.78 is 63.2. The number of benzene rings is 2. The smallest absolute Gasteiger partial charge is 0.225 e. The van der Waals surface area contributed by atoms with Crippen LogP contribution in [0.2, 0.25) is 0 Å². The normalized spacial score (nSPS) is 25.9. The number of rotatable bonds is 5. The van der Waals surface area contributed by atoms with Crippen LogP contribution in [0.25, 0.3) is 11.1 Å². The van der Waals surface area contributed by atoms with E-state index in [1.165, 1.54) is 29.2 Å². The van der Waals surface area contributed by atoms with Crippen LogP contribution in [0.5, 0.6) is 0 Å². The monoisotopic (exact) mass is 435 g/mol. The molecule has 2 aromatic rings. The average Bonchev–Trinajstić information content (AvgIpc) is 3.35. The molecule has 3 nitrogen and oxygen atoms in total. The predicted octanol–water partition coefficient (Wildman–Crippen LogP) is 5.07. The topological polar surface area (TPSA) is 29.5 Å². The summed E-state index contributed by atoms with van der Waals surface area (Å²) >= 11 is 0. The summed E-state index contributed by atoms with van der Waals surface area (Å²) in [5.74, 6) is -3.53. The Kier molecular flexibility index (Phi) is 6.32. The summed E-state index contributed by atoms with van der Waals surface area (Å²) in [5, 5.41) is 0. The lowest BCUT2D eigenvalue weighted by Crippen LogP contribution is -2.40. The number of carbonyl (C=O) groups is 1. The first-order valence-corrected chi connectivity index (χ1v) is 10.6. The molecule has 7 heteroatoms. The lowest BCUT2D eigenvalue weighted by Gasteiger charge is -2.28. The van der Waals surface area contributed by atoms with Gasteiger partial charge in [-0.3, -0.25) is 4.79 Å². The number of nitrogens with zero attached hydrogens (tertiary/aromatic N) is 1. The minimum atomic E-state index is -1.20. The van der Waals surface area contributed by atoms with E-state index in [2.05, 4.69) is 0 Å². The van der Waals surface area contributed by atoms with Gasteiger partial charge in [-0.25, -0.2) is 17.6 Å². The summed E-state index contributed by atoms with van der Waals surface area (Å²) in [6, 6.07) is 7.56. The summed E-state index contributed by atoms with van der Waals surface area (Å²) in [7, 11) is 0. The van der Waals surface area contributed by atoms with E-state index in [9.17, 15) is 18.0 Å². The van der Waals surface area contributed by atoms with Gasteiger partial charge >= 0.3 is 0 Å². The molecule has 31 heavy (non-hydrogen) atoms.